The van der Waals surface area contributed by atoms with Crippen LogP contribution < -0.4 is 0 Å². The van der Waals surface area contributed by atoms with Gasteiger partial charge in [-0.2, -0.15) is 0 Å². The number of rotatable bonds is 3. The molecule has 0 aromatic heterocycles. The Labute approximate surface area is 55.1 Å². The Morgan fingerprint density at radius 1 is 1.78 bits per heavy atom. The molecule has 0 bridgehead atoms. The Bertz CT molecular complexity index is 95.1. The van der Waals surface area contributed by atoms with Crippen molar-refractivity contribution < 1.29 is 10.0 Å². The fraction of sp³-hybridized carbons (Fsp3) is 1.00. The quantitative estimate of drug-likeness (QED) is 0.577. The predicted octanol–water partition coefficient (Wildman–Crippen LogP) is 0.895. The van der Waals surface area contributed by atoms with Gasteiger partial charge in [-0.15, -0.1) is 0 Å². The highest BCUT2D eigenvalue weighted by Gasteiger charge is 2.33. The molecule has 0 saturated heterocycles. The third-order valence-corrected chi connectivity index (χ3v) is 1.88. The van der Waals surface area contributed by atoms with Gasteiger partial charge >= 0.3 is 0 Å². The molecule has 0 spiro atoms. The van der Waals surface area contributed by atoms with Gasteiger partial charge in [0.05, 0.1) is 13.7 Å². The minimum atomic E-state index is 0.648. The fourth-order valence-electron chi connectivity index (χ4n) is 0.929. The molecule has 3 nitrogen and oxygen atoms in total. The van der Waals surface area contributed by atoms with E-state index < -0.39 is 0 Å². The summed E-state index contributed by atoms with van der Waals surface area (Å²) in [5, 5.41) is 9.69. The highest BCUT2D eigenvalue weighted by molar-refractivity contribution is 4.82. The first-order valence-electron chi connectivity index (χ1n) is 3.24. The Hall–Kier alpha value is -0.120. The van der Waals surface area contributed by atoms with E-state index in [0.717, 1.165) is 11.1 Å². The Morgan fingerprint density at radius 2 is 2.33 bits per heavy atom. The third-order valence-electron chi connectivity index (χ3n) is 1.88. The molecule has 9 heavy (non-hydrogen) atoms. The molecule has 0 radical (unpaired) electrons. The van der Waals surface area contributed by atoms with Crippen LogP contribution in [-0.4, -0.2) is 24.1 Å². The summed E-state index contributed by atoms with van der Waals surface area (Å²) in [7, 11) is 1.47. The molecule has 1 fully saturated rings. The van der Waals surface area contributed by atoms with Crippen molar-refractivity contribution in [1.82, 2.24) is 5.23 Å². The number of hydroxylamine groups is 2. The van der Waals surface area contributed by atoms with Gasteiger partial charge in [-0.1, -0.05) is 12.2 Å². The van der Waals surface area contributed by atoms with Gasteiger partial charge in [-0.05, 0) is 18.3 Å². The van der Waals surface area contributed by atoms with E-state index in [4.69, 9.17) is 5.21 Å². The van der Waals surface area contributed by atoms with Gasteiger partial charge in [0.25, 0.3) is 0 Å². The van der Waals surface area contributed by atoms with E-state index in [1.54, 1.807) is 0 Å². The van der Waals surface area contributed by atoms with Crippen LogP contribution in [0.15, 0.2) is 0 Å². The van der Waals surface area contributed by atoms with Gasteiger partial charge < -0.3 is 0 Å². The maximum atomic E-state index is 8.80. The van der Waals surface area contributed by atoms with Crippen molar-refractivity contribution in [2.75, 3.05) is 13.7 Å². The van der Waals surface area contributed by atoms with E-state index in [2.05, 4.69) is 11.8 Å². The molecule has 1 unspecified atom stereocenters. The lowest BCUT2D eigenvalue weighted by Crippen LogP contribution is -2.20. The molecule has 0 heterocycles. The Morgan fingerprint density at radius 3 is 2.67 bits per heavy atom. The highest BCUT2D eigenvalue weighted by Crippen LogP contribution is 2.37. The van der Waals surface area contributed by atoms with Crippen molar-refractivity contribution in [3.8, 4) is 0 Å². The average Bonchev–Trinajstić information content (AvgIpc) is 2.47. The molecule has 1 aliphatic carbocycles. The summed E-state index contributed by atoms with van der Waals surface area (Å²) in [4.78, 5) is 4.54. The van der Waals surface area contributed by atoms with Gasteiger partial charge in [-0.3, -0.25) is 10.0 Å². The van der Waals surface area contributed by atoms with Crippen LogP contribution in [0.5, 0.6) is 0 Å². The summed E-state index contributed by atoms with van der Waals surface area (Å²) >= 11 is 0. The topological polar surface area (TPSA) is 32.7 Å². The first-order valence-corrected chi connectivity index (χ1v) is 3.24. The number of hydrogen-bond acceptors (Lipinski definition) is 3. The minimum absolute atomic E-state index is 0.648. The lowest BCUT2D eigenvalue weighted by molar-refractivity contribution is -0.327. The van der Waals surface area contributed by atoms with Crippen LogP contribution in [0.4, 0.5) is 0 Å². The normalized spacial score (nSPS) is 33.3. The first kappa shape index (κ1) is 6.99. The zero-order valence-corrected chi connectivity index (χ0v) is 5.87. The van der Waals surface area contributed by atoms with Crippen molar-refractivity contribution in [1.29, 1.82) is 0 Å². The monoisotopic (exact) mass is 131 g/mol. The summed E-state index contributed by atoms with van der Waals surface area (Å²) in [6.07, 6.45) is 1.22. The molecule has 0 amide bonds. The number of nitrogens with zero attached hydrogens (tertiary/aromatic N) is 1. The van der Waals surface area contributed by atoms with E-state index in [1.165, 1.54) is 13.5 Å². The third kappa shape index (κ3) is 1.93. The zero-order valence-electron chi connectivity index (χ0n) is 5.87. The summed E-state index contributed by atoms with van der Waals surface area (Å²) in [5.74, 6) is 1.42. The van der Waals surface area contributed by atoms with Gasteiger partial charge in [-0.25, -0.2) is 0 Å². The molecule has 3 heteroatoms. The molecule has 0 aromatic rings. The molecule has 0 aromatic carbocycles. The molecule has 2 atom stereocenters. The molecule has 1 saturated carbocycles. The molecule has 0 aliphatic heterocycles. The second-order valence-electron chi connectivity index (χ2n) is 2.69. The van der Waals surface area contributed by atoms with Crippen molar-refractivity contribution in [2.45, 2.75) is 13.3 Å². The highest BCUT2D eigenvalue weighted by atomic mass is 16.9. The largest absolute Gasteiger partial charge is 0.290 e. The van der Waals surface area contributed by atoms with Crippen molar-refractivity contribution >= 4 is 0 Å². The average molecular weight is 131 g/mol. The van der Waals surface area contributed by atoms with E-state index in [1.807, 2.05) is 0 Å². The molecule has 1 aliphatic rings. The minimum Gasteiger partial charge on any atom is -0.290 e. The maximum Gasteiger partial charge on any atom is 0.0601 e. The van der Waals surface area contributed by atoms with Gasteiger partial charge in [0, 0.05) is 0 Å². The molecule has 1 rings (SSSR count). The molecule has 1 N–H and O–H groups in total. The lowest BCUT2D eigenvalue weighted by atomic mass is 10.3. The first-order chi connectivity index (χ1) is 4.24. The van der Waals surface area contributed by atoms with E-state index >= 15 is 0 Å². The summed E-state index contributed by atoms with van der Waals surface area (Å²) in [6.45, 7) is 2.83. The molecular weight excluding hydrogens is 118 g/mol. The van der Waals surface area contributed by atoms with Gasteiger partial charge in [0.1, 0.15) is 0 Å². The summed E-state index contributed by atoms with van der Waals surface area (Å²) < 4.78 is 0. The van der Waals surface area contributed by atoms with Crippen LogP contribution in [0.25, 0.3) is 0 Å². The van der Waals surface area contributed by atoms with Crippen molar-refractivity contribution in [3.05, 3.63) is 0 Å². The van der Waals surface area contributed by atoms with Crippen LogP contribution in [0.1, 0.15) is 13.3 Å². The van der Waals surface area contributed by atoms with Gasteiger partial charge in [0.2, 0.25) is 0 Å². The van der Waals surface area contributed by atoms with Crippen LogP contribution in [0.3, 0.4) is 0 Å². The van der Waals surface area contributed by atoms with E-state index in [9.17, 15) is 0 Å². The number of hydrogen-bond donors (Lipinski definition) is 1. The van der Waals surface area contributed by atoms with Crippen LogP contribution in [0.2, 0.25) is 0 Å². The Balaban J connectivity index is 2.05. The Kier molecular flexibility index (Phi) is 2.05. The summed E-state index contributed by atoms with van der Waals surface area (Å²) in [6, 6.07) is 0. The van der Waals surface area contributed by atoms with Crippen molar-refractivity contribution in [2.24, 2.45) is 11.8 Å². The molecule has 54 valence electrons. The smallest absolute Gasteiger partial charge is 0.0601 e. The fourth-order valence-corrected chi connectivity index (χ4v) is 0.929. The van der Waals surface area contributed by atoms with Crippen molar-refractivity contribution in [3.63, 3.8) is 0 Å². The van der Waals surface area contributed by atoms with Crippen LogP contribution in [-0.2, 0) is 4.84 Å². The second kappa shape index (κ2) is 2.64. The van der Waals surface area contributed by atoms with E-state index in [-0.39, 0.29) is 0 Å². The van der Waals surface area contributed by atoms with Crippen LogP contribution >= 0.6 is 0 Å². The molecular formula is C6H13NO2. The van der Waals surface area contributed by atoms with Crippen LogP contribution in [0, 0.1) is 11.8 Å². The maximum absolute atomic E-state index is 8.80. The second-order valence-corrected chi connectivity index (χ2v) is 2.69. The van der Waals surface area contributed by atoms with E-state index in [0.29, 0.717) is 12.5 Å². The lowest BCUT2D eigenvalue weighted by Gasteiger charge is -2.09. The summed E-state index contributed by atoms with van der Waals surface area (Å²) in [5.41, 5.74) is 0. The predicted molar refractivity (Wildman–Crippen MR) is 32.8 cm³/mol. The SMILES string of the molecule is CON(O)CC1C[C@H]1C. The standard InChI is InChI=1S/C6H13NO2/c1-5-3-6(5)4-7(8)9-2/h5-6,8H,3-4H2,1-2H3/t5-,6?/m1/s1. The zero-order chi connectivity index (χ0) is 6.85. The van der Waals surface area contributed by atoms with Gasteiger partial charge in [0.15, 0.2) is 0 Å².